The molecule has 0 aromatic heterocycles. The second kappa shape index (κ2) is 4.83. The van der Waals surface area contributed by atoms with Gasteiger partial charge in [-0.1, -0.05) is 47.2 Å². The highest BCUT2D eigenvalue weighted by atomic mass is 28.4. The van der Waals surface area contributed by atoms with Crippen LogP contribution in [0.15, 0.2) is 12.3 Å². The lowest BCUT2D eigenvalue weighted by Gasteiger charge is -2.37. The molecular formula is C13H28OSi. The quantitative estimate of drug-likeness (QED) is 0.642. The van der Waals surface area contributed by atoms with Gasteiger partial charge in [-0.2, -0.15) is 0 Å². The average molecular weight is 228 g/mol. The lowest BCUT2D eigenvalue weighted by molar-refractivity contribution is 0.228. The monoisotopic (exact) mass is 228 g/mol. The molecule has 0 saturated heterocycles. The lowest BCUT2D eigenvalue weighted by atomic mass is 9.93. The Morgan fingerprint density at radius 3 is 1.87 bits per heavy atom. The van der Waals surface area contributed by atoms with E-state index in [-0.39, 0.29) is 5.04 Å². The summed E-state index contributed by atoms with van der Waals surface area (Å²) in [4.78, 5) is 0. The minimum Gasteiger partial charge on any atom is -0.413 e. The zero-order valence-electron chi connectivity index (χ0n) is 11.6. The van der Waals surface area contributed by atoms with Gasteiger partial charge in [0.1, 0.15) is 0 Å². The van der Waals surface area contributed by atoms with Crippen molar-refractivity contribution < 1.29 is 4.43 Å². The van der Waals surface area contributed by atoms with E-state index in [1.54, 1.807) is 0 Å². The van der Waals surface area contributed by atoms with E-state index in [1.165, 1.54) is 0 Å². The molecule has 0 amide bonds. The Balaban J connectivity index is 4.30. The summed E-state index contributed by atoms with van der Waals surface area (Å²) in [5.74, 6) is 0. The van der Waals surface area contributed by atoms with Gasteiger partial charge in [-0.05, 0) is 23.4 Å². The largest absolute Gasteiger partial charge is 0.413 e. The summed E-state index contributed by atoms with van der Waals surface area (Å²) in [6, 6.07) is 0. The van der Waals surface area contributed by atoms with Crippen LogP contribution in [0.4, 0.5) is 0 Å². The van der Waals surface area contributed by atoms with Gasteiger partial charge in [0.15, 0.2) is 0 Å². The number of rotatable bonds is 4. The van der Waals surface area contributed by atoms with Crippen molar-refractivity contribution >= 4 is 8.32 Å². The van der Waals surface area contributed by atoms with Crippen molar-refractivity contribution in [3.8, 4) is 0 Å². The lowest BCUT2D eigenvalue weighted by Crippen LogP contribution is -2.42. The fraction of sp³-hybridized carbons (Fsp3) is 0.846. The van der Waals surface area contributed by atoms with Gasteiger partial charge in [-0.15, -0.1) is 6.58 Å². The second-order valence-electron chi connectivity index (χ2n) is 6.72. The van der Waals surface area contributed by atoms with Crippen LogP contribution < -0.4 is 0 Å². The van der Waals surface area contributed by atoms with Crippen LogP contribution in [0.2, 0.25) is 11.6 Å². The van der Waals surface area contributed by atoms with E-state index >= 15 is 0 Å². The van der Waals surface area contributed by atoms with Crippen molar-refractivity contribution in [2.24, 2.45) is 5.41 Å². The fourth-order valence-corrected chi connectivity index (χ4v) is 2.84. The molecule has 1 atom stereocenters. The Kier molecular flexibility index (Phi) is 4.81. The molecule has 0 bridgehead atoms. The molecule has 0 radical (unpaired) electrons. The van der Waals surface area contributed by atoms with Gasteiger partial charge < -0.3 is 4.43 Å². The van der Waals surface area contributed by atoms with E-state index < -0.39 is 8.32 Å². The maximum absolute atomic E-state index is 6.14. The summed E-state index contributed by atoms with van der Waals surface area (Å²) in [5, 5.41) is 0.229. The molecule has 90 valence electrons. The minimum absolute atomic E-state index is 0.229. The number of hydrogen-bond acceptors (Lipinski definition) is 1. The summed E-state index contributed by atoms with van der Waals surface area (Å²) in [7, 11) is -1.76. The average Bonchev–Trinajstić information content (AvgIpc) is 1.99. The summed E-state index contributed by atoms with van der Waals surface area (Å²) < 4.78 is 6.14. The standard InChI is InChI=1S/C13H28OSi/c1-9-15(8,13(5,6)7)14-11-10-12(2,3)4/h9H,1,10-11H2,2-8H3. The molecule has 0 fully saturated rings. The third-order valence-corrected chi connectivity index (χ3v) is 7.69. The molecular weight excluding hydrogens is 200 g/mol. The van der Waals surface area contributed by atoms with E-state index in [2.05, 4.69) is 60.4 Å². The maximum Gasteiger partial charge on any atom is 0.218 e. The zero-order chi connectivity index (χ0) is 12.3. The predicted molar refractivity (Wildman–Crippen MR) is 71.6 cm³/mol. The Hall–Kier alpha value is -0.0831. The van der Waals surface area contributed by atoms with E-state index in [9.17, 15) is 0 Å². The van der Waals surface area contributed by atoms with E-state index in [4.69, 9.17) is 4.43 Å². The van der Waals surface area contributed by atoms with Crippen molar-refractivity contribution in [3.63, 3.8) is 0 Å². The Morgan fingerprint density at radius 1 is 1.13 bits per heavy atom. The molecule has 2 heteroatoms. The highest BCUT2D eigenvalue weighted by Gasteiger charge is 2.39. The predicted octanol–water partition coefficient (Wildman–Crippen LogP) is 4.54. The van der Waals surface area contributed by atoms with E-state index in [0.717, 1.165) is 13.0 Å². The van der Waals surface area contributed by atoms with Crippen molar-refractivity contribution in [1.29, 1.82) is 0 Å². The van der Waals surface area contributed by atoms with Crippen LogP contribution in [-0.4, -0.2) is 14.9 Å². The molecule has 0 spiro atoms. The fourth-order valence-electron chi connectivity index (χ4n) is 1.15. The van der Waals surface area contributed by atoms with Crippen molar-refractivity contribution in [2.75, 3.05) is 6.61 Å². The van der Waals surface area contributed by atoms with Gasteiger partial charge >= 0.3 is 0 Å². The molecule has 0 aliphatic carbocycles. The molecule has 0 N–H and O–H groups in total. The molecule has 0 rings (SSSR count). The Morgan fingerprint density at radius 2 is 1.60 bits per heavy atom. The minimum atomic E-state index is -1.76. The van der Waals surface area contributed by atoms with Gasteiger partial charge in [-0.3, -0.25) is 0 Å². The Bertz CT molecular complexity index is 210. The smallest absolute Gasteiger partial charge is 0.218 e. The van der Waals surface area contributed by atoms with Crippen molar-refractivity contribution in [2.45, 2.75) is 59.5 Å². The first-order valence-corrected chi connectivity index (χ1v) is 8.28. The SMILES string of the molecule is C=C[Si](C)(OCCC(C)(C)C)C(C)(C)C. The van der Waals surface area contributed by atoms with Crippen molar-refractivity contribution in [3.05, 3.63) is 12.3 Å². The van der Waals surface area contributed by atoms with Crippen LogP contribution in [0.5, 0.6) is 0 Å². The summed E-state index contributed by atoms with van der Waals surface area (Å²) in [6.07, 6.45) is 1.11. The first-order valence-electron chi connectivity index (χ1n) is 5.79. The summed E-state index contributed by atoms with van der Waals surface area (Å²) >= 11 is 0. The normalized spacial score (nSPS) is 17.3. The topological polar surface area (TPSA) is 9.23 Å². The first kappa shape index (κ1) is 14.9. The molecule has 0 aliphatic heterocycles. The molecule has 0 aromatic carbocycles. The summed E-state index contributed by atoms with van der Waals surface area (Å²) in [6.45, 7) is 20.6. The molecule has 0 aliphatic rings. The molecule has 15 heavy (non-hydrogen) atoms. The zero-order valence-corrected chi connectivity index (χ0v) is 12.6. The number of hydrogen-bond donors (Lipinski definition) is 0. The highest BCUT2D eigenvalue weighted by molar-refractivity contribution is 6.80. The third-order valence-electron chi connectivity index (χ3n) is 3.13. The highest BCUT2D eigenvalue weighted by Crippen LogP contribution is 2.37. The molecule has 1 nitrogen and oxygen atoms in total. The second-order valence-corrected chi connectivity index (χ2v) is 11.1. The van der Waals surface area contributed by atoms with Gasteiger partial charge in [0, 0.05) is 6.61 Å². The third kappa shape index (κ3) is 4.98. The Labute approximate surface area is 97.0 Å². The molecule has 1 unspecified atom stereocenters. The van der Waals surface area contributed by atoms with Crippen LogP contribution in [0.25, 0.3) is 0 Å². The van der Waals surface area contributed by atoms with E-state index in [1.807, 2.05) is 0 Å². The van der Waals surface area contributed by atoms with Gasteiger partial charge in [0.2, 0.25) is 8.32 Å². The van der Waals surface area contributed by atoms with Crippen molar-refractivity contribution in [1.82, 2.24) is 0 Å². The maximum atomic E-state index is 6.14. The molecule has 0 saturated carbocycles. The first-order chi connectivity index (χ1) is 6.52. The molecule has 0 heterocycles. The van der Waals surface area contributed by atoms with Crippen LogP contribution in [0.3, 0.4) is 0 Å². The van der Waals surface area contributed by atoms with Gasteiger partial charge in [-0.25, -0.2) is 0 Å². The van der Waals surface area contributed by atoms with Crippen LogP contribution in [-0.2, 0) is 4.43 Å². The van der Waals surface area contributed by atoms with Gasteiger partial charge in [0.25, 0.3) is 0 Å². The molecule has 0 aromatic rings. The van der Waals surface area contributed by atoms with Gasteiger partial charge in [0.05, 0.1) is 0 Å². The van der Waals surface area contributed by atoms with Crippen LogP contribution in [0.1, 0.15) is 48.0 Å². The summed E-state index contributed by atoms with van der Waals surface area (Å²) in [5.41, 5.74) is 2.42. The van der Waals surface area contributed by atoms with Crippen LogP contribution in [0, 0.1) is 5.41 Å². The van der Waals surface area contributed by atoms with E-state index in [0.29, 0.717) is 5.41 Å². The van der Waals surface area contributed by atoms with Crippen LogP contribution >= 0.6 is 0 Å².